The number of rotatable bonds is 24. The molecule has 63 heavy (non-hydrogen) atoms. The molecule has 330 valence electrons. The molecule has 6 aromatic carbocycles. The van der Waals surface area contributed by atoms with Crippen molar-refractivity contribution in [3.63, 3.8) is 0 Å². The van der Waals surface area contributed by atoms with Gasteiger partial charge in [0.15, 0.2) is 0 Å². The minimum absolute atomic E-state index is 0.512. The Bertz CT molecular complexity index is 2280. The smallest absolute Gasteiger partial charge is 0.440 e. The van der Waals surface area contributed by atoms with Crippen molar-refractivity contribution in [1.82, 2.24) is 9.21 Å². The third kappa shape index (κ3) is 12.8. The largest absolute Gasteiger partial charge is 0.447 e. The van der Waals surface area contributed by atoms with Crippen molar-refractivity contribution in [3.05, 3.63) is 180 Å². The van der Waals surface area contributed by atoms with Gasteiger partial charge in [0.25, 0.3) is 0 Å². The molecule has 0 fully saturated rings. The molecule has 7 rings (SSSR count). The van der Waals surface area contributed by atoms with Crippen LogP contribution in [0.25, 0.3) is 0 Å². The summed E-state index contributed by atoms with van der Waals surface area (Å²) in [5.74, 6) is 3.47. The van der Waals surface area contributed by atoms with E-state index in [4.69, 9.17) is 49.5 Å². The minimum atomic E-state index is -3.95. The predicted molar refractivity (Wildman–Crippen MR) is 255 cm³/mol. The molecule has 0 spiro atoms. The van der Waals surface area contributed by atoms with Crippen molar-refractivity contribution in [2.75, 3.05) is 19.6 Å². The molecule has 0 aliphatic carbocycles. The van der Waals surface area contributed by atoms with Crippen LogP contribution in [0.3, 0.4) is 0 Å². The molecule has 15 heteroatoms. The second-order valence-corrected chi connectivity index (χ2v) is 20.2. The molecule has 0 saturated heterocycles. The van der Waals surface area contributed by atoms with E-state index in [1.165, 1.54) is 0 Å². The molecule has 0 radical (unpaired) electrons. The van der Waals surface area contributed by atoms with E-state index < -0.39 is 24.6 Å². The fourth-order valence-corrected chi connectivity index (χ4v) is 14.3. The molecular weight excluding hydrogens is 849 g/mol. The highest BCUT2D eigenvalue weighted by molar-refractivity contribution is 7.78. The lowest BCUT2D eigenvalue weighted by Gasteiger charge is -2.44. The predicted octanol–water partition coefficient (Wildman–Crippen LogP) is 12.2. The van der Waals surface area contributed by atoms with Gasteiger partial charge in [-0.15, -0.1) is 4.52 Å². The first-order valence-electron chi connectivity index (χ1n) is 21.5. The number of aryl methyl sites for hydroxylation is 3. The average Bonchev–Trinajstić information content (AvgIpc) is 3.32. The van der Waals surface area contributed by atoms with Crippen LogP contribution in [0, 0.1) is 0 Å². The van der Waals surface area contributed by atoms with Gasteiger partial charge in [-0.1, -0.05) is 109 Å². The van der Waals surface area contributed by atoms with Gasteiger partial charge >= 0.3 is 24.6 Å². The summed E-state index contributed by atoms with van der Waals surface area (Å²) >= 11 is 0. The molecule has 1 heterocycles. The van der Waals surface area contributed by atoms with E-state index in [0.717, 1.165) is 74.5 Å². The third-order valence-corrected chi connectivity index (χ3v) is 16.7. The summed E-state index contributed by atoms with van der Waals surface area (Å²) < 4.78 is 38.2. The van der Waals surface area contributed by atoms with E-state index in [2.05, 4.69) is 18.2 Å². The standard InChI is InChI=1S/C48H57N6O6P3/c49-37-19-16-25-40-22-10-13-34-46(40)58-61-52-63(59-47-35-14-11-23-41(47)26-17-20-38-50,60-48-36-15-12-24-42(48)27-18-21-39-51)54(56-44-30-6-2-7-31-44)62(57-45-32-8-3-9-33-45)53(61)55-43-28-4-1-5-29-43/h1-15,22-24,28-36H,16-21,25-27,37-39,49-51H2. The minimum Gasteiger partial charge on any atom is -0.440 e. The van der Waals surface area contributed by atoms with E-state index in [-0.39, 0.29) is 0 Å². The SMILES string of the molecule is NCCCCc1ccccc1OP1N=P(Oc2ccccc2CCCCN)(Oc2ccccc2CCCCN)N(Oc2ccccc2)P(Oc2ccccc2)N1Oc1ccccc1. The normalized spacial score (nSPS) is 16.1. The Kier molecular flexibility index (Phi) is 17.7. The van der Waals surface area contributed by atoms with Gasteiger partial charge in [-0.2, -0.15) is 0 Å². The highest BCUT2D eigenvalue weighted by Crippen LogP contribution is 2.78. The maximum absolute atomic E-state index is 7.47. The fourth-order valence-electron chi connectivity index (χ4n) is 6.65. The third-order valence-electron chi connectivity index (χ3n) is 9.87. The second-order valence-electron chi connectivity index (χ2n) is 14.6. The number of nitrogens with zero attached hydrogens (tertiary/aromatic N) is 3. The Morgan fingerprint density at radius 2 is 0.825 bits per heavy atom. The topological polar surface area (TPSA) is 152 Å². The number of nitrogens with two attached hydrogens (primary N) is 3. The Morgan fingerprint density at radius 1 is 0.429 bits per heavy atom. The maximum Gasteiger partial charge on any atom is 0.447 e. The van der Waals surface area contributed by atoms with Crippen LogP contribution >= 0.6 is 24.6 Å². The first kappa shape index (κ1) is 46.0. The fraction of sp³-hybridized carbons (Fsp3) is 0.250. The van der Waals surface area contributed by atoms with E-state index in [9.17, 15) is 0 Å². The number of hydrogen-bond donors (Lipinski definition) is 3. The van der Waals surface area contributed by atoms with Crippen LogP contribution in [0.2, 0.25) is 0 Å². The molecule has 0 amide bonds. The quantitative estimate of drug-likeness (QED) is 0.0393. The van der Waals surface area contributed by atoms with Crippen molar-refractivity contribution in [3.8, 4) is 34.5 Å². The Balaban J connectivity index is 1.50. The zero-order valence-electron chi connectivity index (χ0n) is 35.4. The highest BCUT2D eigenvalue weighted by atomic mass is 31.3. The van der Waals surface area contributed by atoms with Gasteiger partial charge in [-0.3, -0.25) is 0 Å². The summed E-state index contributed by atoms with van der Waals surface area (Å²) in [7, 11) is -8.35. The Hall–Kier alpha value is -4.99. The van der Waals surface area contributed by atoms with Crippen LogP contribution in [-0.4, -0.2) is 28.8 Å². The number of hydrogen-bond acceptors (Lipinski definition) is 12. The van der Waals surface area contributed by atoms with Gasteiger partial charge in [0.2, 0.25) is 0 Å². The molecule has 6 N–H and O–H groups in total. The van der Waals surface area contributed by atoms with Crippen LogP contribution in [0.4, 0.5) is 0 Å². The first-order chi connectivity index (χ1) is 31.1. The van der Waals surface area contributed by atoms with Crippen LogP contribution in [0.15, 0.2) is 168 Å². The molecule has 0 bridgehead atoms. The number of unbranched alkanes of at least 4 members (excludes halogenated alkanes) is 3. The summed E-state index contributed by atoms with van der Waals surface area (Å²) in [4.78, 5) is 14.0. The second kappa shape index (κ2) is 24.2. The lowest BCUT2D eigenvalue weighted by atomic mass is 10.1. The van der Waals surface area contributed by atoms with Gasteiger partial charge < -0.3 is 45.0 Å². The summed E-state index contributed by atoms with van der Waals surface area (Å²) in [6.45, 7) is 1.78. The number of benzene rings is 6. The molecule has 1 aliphatic rings. The molecule has 2 atom stereocenters. The summed E-state index contributed by atoms with van der Waals surface area (Å²) in [5, 5.41) is 0. The van der Waals surface area contributed by atoms with Gasteiger partial charge in [0, 0.05) is 9.21 Å². The van der Waals surface area contributed by atoms with Gasteiger partial charge in [-0.05, 0) is 149 Å². The molecule has 2 unspecified atom stereocenters. The van der Waals surface area contributed by atoms with Crippen molar-refractivity contribution in [2.45, 2.75) is 57.8 Å². The summed E-state index contributed by atoms with van der Waals surface area (Å²) in [5.41, 5.74) is 20.8. The zero-order valence-corrected chi connectivity index (χ0v) is 38.1. The van der Waals surface area contributed by atoms with Crippen molar-refractivity contribution in [1.29, 1.82) is 0 Å². The molecular formula is C48H57N6O6P3. The van der Waals surface area contributed by atoms with Gasteiger partial charge in [0.1, 0.15) is 34.5 Å². The van der Waals surface area contributed by atoms with Crippen LogP contribution in [0.1, 0.15) is 55.2 Å². The first-order valence-corrected chi connectivity index (χ1v) is 25.4. The van der Waals surface area contributed by atoms with E-state index in [1.54, 1.807) is 9.21 Å². The molecule has 6 aromatic rings. The van der Waals surface area contributed by atoms with Crippen LogP contribution in [0.5, 0.6) is 34.5 Å². The maximum atomic E-state index is 7.47. The number of para-hydroxylation sites is 6. The monoisotopic (exact) mass is 906 g/mol. The van der Waals surface area contributed by atoms with E-state index in [0.29, 0.717) is 54.1 Å². The average molecular weight is 907 g/mol. The highest BCUT2D eigenvalue weighted by Gasteiger charge is 2.58. The van der Waals surface area contributed by atoms with E-state index in [1.807, 2.05) is 146 Å². The summed E-state index contributed by atoms with van der Waals surface area (Å²) in [6.07, 6.45) is 7.44. The Labute approximate surface area is 374 Å². The van der Waals surface area contributed by atoms with Crippen molar-refractivity contribution in [2.24, 2.45) is 21.7 Å². The van der Waals surface area contributed by atoms with E-state index >= 15 is 0 Å². The Morgan fingerprint density at radius 3 is 1.30 bits per heavy atom. The van der Waals surface area contributed by atoms with Gasteiger partial charge in [-0.25, -0.2) is 0 Å². The van der Waals surface area contributed by atoms with Gasteiger partial charge in [0.05, 0.1) is 0 Å². The summed E-state index contributed by atoms with van der Waals surface area (Å²) in [6, 6.07) is 52.6. The molecule has 12 nitrogen and oxygen atoms in total. The zero-order chi connectivity index (χ0) is 43.5. The van der Waals surface area contributed by atoms with Crippen molar-refractivity contribution >= 4 is 24.6 Å². The molecule has 0 saturated carbocycles. The van der Waals surface area contributed by atoms with Crippen LogP contribution in [-0.2, 0) is 19.3 Å². The lowest BCUT2D eigenvalue weighted by Crippen LogP contribution is -2.37. The lowest BCUT2D eigenvalue weighted by molar-refractivity contribution is 0.0544. The molecule has 0 aromatic heterocycles. The molecule has 1 aliphatic heterocycles. The van der Waals surface area contributed by atoms with Crippen LogP contribution < -0.4 is 45.0 Å². The van der Waals surface area contributed by atoms with Crippen molar-refractivity contribution < 1.29 is 27.8 Å².